The minimum absolute atomic E-state index is 0. The number of carbonyl (C=O) groups is 1. The second-order valence-corrected chi connectivity index (χ2v) is 14.0. The van der Waals surface area contributed by atoms with E-state index in [2.05, 4.69) is 63.5 Å². The van der Waals surface area contributed by atoms with Gasteiger partial charge in [-0.3, -0.25) is 9.69 Å². The molecule has 240 valence electrons. The molecule has 0 unspecified atom stereocenters. The van der Waals surface area contributed by atoms with Crippen molar-refractivity contribution in [3.05, 3.63) is 94.8 Å². The van der Waals surface area contributed by atoms with Gasteiger partial charge < -0.3 is 48.2 Å². The molecule has 2 heterocycles. The van der Waals surface area contributed by atoms with Crippen LogP contribution in [0.3, 0.4) is 0 Å². The third-order valence-electron chi connectivity index (χ3n) is 9.84. The van der Waals surface area contributed by atoms with E-state index in [1.54, 1.807) is 6.07 Å². The summed E-state index contributed by atoms with van der Waals surface area (Å²) < 4.78 is 17.2. The fourth-order valence-electron chi connectivity index (χ4n) is 6.43. The van der Waals surface area contributed by atoms with E-state index >= 15 is 4.39 Å². The van der Waals surface area contributed by atoms with Gasteiger partial charge in [-0.05, 0) is 84.7 Å². The van der Waals surface area contributed by atoms with Crippen LogP contribution in [0, 0.1) is 11.7 Å². The van der Waals surface area contributed by atoms with E-state index < -0.39 is 0 Å². The Morgan fingerprint density at radius 1 is 0.886 bits per heavy atom. The van der Waals surface area contributed by atoms with Crippen LogP contribution in [0.4, 0.5) is 4.39 Å². The number of halogens is 3. The molecule has 2 fully saturated rings. The lowest BCUT2D eigenvalue weighted by atomic mass is 9.89. The molecule has 2 saturated heterocycles. The van der Waals surface area contributed by atoms with Crippen LogP contribution in [-0.2, 0) is 19.5 Å². The van der Waals surface area contributed by atoms with E-state index in [-0.39, 0.29) is 45.7 Å². The zero-order valence-corrected chi connectivity index (χ0v) is 30.1. The van der Waals surface area contributed by atoms with Crippen LogP contribution in [0.2, 0.25) is 0 Å². The molecule has 3 aromatic carbocycles. The fraction of sp³-hybridized carbons (Fsp3) is 0.472. The van der Waals surface area contributed by atoms with Crippen molar-refractivity contribution >= 4 is 5.91 Å². The quantitative estimate of drug-likeness (QED) is 0.325. The molecule has 1 amide bonds. The number of amides is 1. The highest BCUT2D eigenvalue weighted by molar-refractivity contribution is 5.94. The van der Waals surface area contributed by atoms with Crippen LogP contribution in [0.25, 0.3) is 11.1 Å². The molecule has 0 aliphatic carbocycles. The second kappa shape index (κ2) is 15.5. The largest absolute Gasteiger partial charge is 1.00 e. The van der Waals surface area contributed by atoms with Gasteiger partial charge in [0, 0.05) is 30.8 Å². The maximum absolute atomic E-state index is 15.0. The van der Waals surface area contributed by atoms with Crippen molar-refractivity contribution in [1.82, 2.24) is 10.2 Å². The van der Waals surface area contributed by atoms with Crippen LogP contribution in [0.15, 0.2) is 66.7 Å². The molecule has 2 aliphatic heterocycles. The van der Waals surface area contributed by atoms with E-state index in [9.17, 15) is 4.79 Å². The summed E-state index contributed by atoms with van der Waals surface area (Å²) in [5, 5.41) is 3.06. The summed E-state index contributed by atoms with van der Waals surface area (Å²) in [6.45, 7) is 9.21. The van der Waals surface area contributed by atoms with Crippen molar-refractivity contribution in [2.24, 2.45) is 5.92 Å². The molecule has 1 atom stereocenters. The maximum Gasteiger partial charge on any atom is 0.251 e. The van der Waals surface area contributed by atoms with E-state index in [4.69, 9.17) is 0 Å². The highest BCUT2D eigenvalue weighted by Crippen LogP contribution is 2.27. The maximum atomic E-state index is 15.0. The van der Waals surface area contributed by atoms with Gasteiger partial charge in [0.25, 0.3) is 5.91 Å². The van der Waals surface area contributed by atoms with E-state index in [1.807, 2.05) is 36.4 Å². The Bertz CT molecular complexity index is 1400. The van der Waals surface area contributed by atoms with Crippen molar-refractivity contribution < 1.29 is 52.1 Å². The van der Waals surface area contributed by atoms with Gasteiger partial charge in [0.05, 0.1) is 60.4 Å². The molecule has 5 rings (SSSR count). The summed E-state index contributed by atoms with van der Waals surface area (Å²) in [4.78, 5) is 15.6. The zero-order valence-electron chi connectivity index (χ0n) is 27.0. The number of quaternary nitrogens is 2. The molecule has 2 aliphatic rings. The average molecular weight is 733 g/mol. The number of carbonyl (C=O) groups excluding carboxylic acids is 1. The molecule has 5 nitrogen and oxygen atoms in total. The minimum Gasteiger partial charge on any atom is -1.00 e. The predicted octanol–water partition coefficient (Wildman–Crippen LogP) is -0.260. The molecule has 44 heavy (non-hydrogen) atoms. The van der Waals surface area contributed by atoms with Crippen molar-refractivity contribution in [2.45, 2.75) is 45.3 Å². The summed E-state index contributed by atoms with van der Waals surface area (Å²) in [6.07, 6.45) is 3.48. The number of likely N-dealkylation sites (tertiary alicyclic amines) is 1. The lowest BCUT2D eigenvalue weighted by Crippen LogP contribution is -3.00. The molecule has 0 radical (unpaired) electrons. The van der Waals surface area contributed by atoms with Gasteiger partial charge in [0.2, 0.25) is 0 Å². The number of piperidine rings is 1. The average Bonchev–Trinajstić information content (AvgIpc) is 2.96. The number of hydrogen-bond donors (Lipinski definition) is 1. The van der Waals surface area contributed by atoms with Gasteiger partial charge in [-0.25, -0.2) is 4.39 Å². The van der Waals surface area contributed by atoms with Crippen molar-refractivity contribution in [2.75, 3.05) is 60.9 Å². The first kappa shape index (κ1) is 36.4. The number of hydrogen-bond acceptors (Lipinski definition) is 2. The summed E-state index contributed by atoms with van der Waals surface area (Å²) in [5.74, 6) is 0.342. The number of rotatable bonds is 8. The standard InChI is InChI=1S/C36H48FN4O.2BrH/c1-27-25-39(16-19-41(27,4)5)26-31-9-7-10-32(22-31)34-23-30(12-13-35(34)37)24-38-36(42)33-11-6-8-29(21-33)20-28-14-17-40(2,3)18-15-28;;/h6-13,21-23,27-28H,14-20,24-26H2,1-5H3;2*1H/q+1;;/p-1/t27-;;/m0../s1. The molecule has 0 bridgehead atoms. The number of nitrogens with one attached hydrogen (secondary N) is 1. The third kappa shape index (κ3) is 9.46. The summed E-state index contributed by atoms with van der Waals surface area (Å²) in [7, 11) is 9.21. The van der Waals surface area contributed by atoms with Crippen LogP contribution in [0.1, 0.15) is 46.8 Å². The van der Waals surface area contributed by atoms with Crippen molar-refractivity contribution in [1.29, 1.82) is 0 Å². The number of piperazine rings is 1. The first-order valence-corrected chi connectivity index (χ1v) is 15.6. The highest BCUT2D eigenvalue weighted by Gasteiger charge is 2.31. The normalized spacial score (nSPS) is 19.8. The number of nitrogens with zero attached hydrogens (tertiary/aromatic N) is 3. The minimum atomic E-state index is -0.245. The van der Waals surface area contributed by atoms with Gasteiger partial charge in [0.1, 0.15) is 5.82 Å². The molecule has 0 aromatic heterocycles. The lowest BCUT2D eigenvalue weighted by molar-refractivity contribution is -0.917. The van der Waals surface area contributed by atoms with Crippen LogP contribution in [0.5, 0.6) is 0 Å². The van der Waals surface area contributed by atoms with Gasteiger partial charge in [0.15, 0.2) is 0 Å². The summed E-state index contributed by atoms with van der Waals surface area (Å²) >= 11 is 0. The SMILES string of the molecule is C[C@H]1CN(Cc2cccc(-c3cc(CNC(=O)c4cccc(CC5CC[N+](C)(C)CC5)c4)ccc3F)c2)CC[N+]1(C)C.[Br-].[Br-]. The first-order chi connectivity index (χ1) is 20.0. The van der Waals surface area contributed by atoms with Crippen molar-refractivity contribution in [3.63, 3.8) is 0 Å². The van der Waals surface area contributed by atoms with Gasteiger partial charge in [-0.2, -0.15) is 0 Å². The third-order valence-corrected chi connectivity index (χ3v) is 9.84. The van der Waals surface area contributed by atoms with Crippen molar-refractivity contribution in [3.8, 4) is 11.1 Å². The Morgan fingerprint density at radius 2 is 1.59 bits per heavy atom. The molecule has 0 spiro atoms. The topological polar surface area (TPSA) is 32.3 Å². The Morgan fingerprint density at radius 3 is 2.32 bits per heavy atom. The Kier molecular flexibility index (Phi) is 12.8. The molecule has 0 saturated carbocycles. The Labute approximate surface area is 285 Å². The molecule has 3 aromatic rings. The predicted molar refractivity (Wildman–Crippen MR) is 169 cm³/mol. The van der Waals surface area contributed by atoms with E-state index in [0.717, 1.165) is 52.7 Å². The Hall–Kier alpha value is -2.10. The number of benzene rings is 3. The lowest BCUT2D eigenvalue weighted by Gasteiger charge is -2.44. The molecule has 8 heteroatoms. The van der Waals surface area contributed by atoms with Gasteiger partial charge in [-0.15, -0.1) is 0 Å². The summed E-state index contributed by atoms with van der Waals surface area (Å²) in [5.41, 5.74) is 5.44. The summed E-state index contributed by atoms with van der Waals surface area (Å²) in [6, 6.07) is 22.0. The van der Waals surface area contributed by atoms with Crippen LogP contribution >= 0.6 is 0 Å². The van der Waals surface area contributed by atoms with Crippen LogP contribution < -0.4 is 39.3 Å². The fourth-order valence-corrected chi connectivity index (χ4v) is 6.43. The highest BCUT2D eigenvalue weighted by atomic mass is 79.9. The molecule has 1 N–H and O–H groups in total. The Balaban J connectivity index is 0.00000264. The molecular weight excluding hydrogens is 683 g/mol. The van der Waals surface area contributed by atoms with E-state index in [0.29, 0.717) is 29.6 Å². The van der Waals surface area contributed by atoms with Gasteiger partial charge >= 0.3 is 0 Å². The van der Waals surface area contributed by atoms with Crippen LogP contribution in [-0.4, -0.2) is 86.7 Å². The van der Waals surface area contributed by atoms with E-state index in [1.165, 1.54) is 43.1 Å². The first-order valence-electron chi connectivity index (χ1n) is 15.6. The smallest absolute Gasteiger partial charge is 0.251 e. The number of likely N-dealkylation sites (N-methyl/N-ethyl adjacent to an activating group) is 1. The second-order valence-electron chi connectivity index (χ2n) is 14.0. The monoisotopic (exact) mass is 730 g/mol. The zero-order chi connectivity index (χ0) is 29.9. The van der Waals surface area contributed by atoms with Gasteiger partial charge in [-0.1, -0.05) is 36.4 Å². The molecular formula is C36H49Br2FN4O.